The van der Waals surface area contributed by atoms with Crippen molar-refractivity contribution in [3.8, 4) is 78.8 Å². The van der Waals surface area contributed by atoms with E-state index >= 15 is 0 Å². The van der Waals surface area contributed by atoms with Crippen molar-refractivity contribution in [1.82, 2.24) is 19.9 Å². The fraction of sp³-hybridized carbons (Fsp3) is 0. The Balaban J connectivity index is 0.898. The van der Waals surface area contributed by atoms with Gasteiger partial charge < -0.3 is 0 Å². The lowest BCUT2D eigenvalue weighted by Crippen LogP contribution is -2.00. The maximum absolute atomic E-state index is 5.21. The fourth-order valence-corrected chi connectivity index (χ4v) is 9.90. The Morgan fingerprint density at radius 1 is 0.254 bits per heavy atom. The third kappa shape index (κ3) is 6.72. The summed E-state index contributed by atoms with van der Waals surface area (Å²) in [5.41, 5.74) is 13.0. The predicted molar refractivity (Wildman–Crippen MR) is 264 cm³/mol. The number of thiophene rings is 1. The first kappa shape index (κ1) is 36.7. The van der Waals surface area contributed by atoms with Gasteiger partial charge in [-0.2, -0.15) is 0 Å². The summed E-state index contributed by atoms with van der Waals surface area (Å²) < 4.78 is 2.56. The highest BCUT2D eigenvalue weighted by Gasteiger charge is 2.18. The number of rotatable bonds is 7. The smallest absolute Gasteiger partial charge is 0.164 e. The van der Waals surface area contributed by atoms with Crippen molar-refractivity contribution in [2.75, 3.05) is 0 Å². The molecule has 294 valence electrons. The lowest BCUT2D eigenvalue weighted by Gasteiger charge is -2.12. The fourth-order valence-electron chi connectivity index (χ4n) is 8.81. The van der Waals surface area contributed by atoms with E-state index in [-0.39, 0.29) is 0 Å². The predicted octanol–water partition coefficient (Wildman–Crippen LogP) is 15.6. The van der Waals surface area contributed by atoms with Crippen LogP contribution in [0.15, 0.2) is 218 Å². The zero-order valence-corrected chi connectivity index (χ0v) is 34.8. The summed E-state index contributed by atoms with van der Waals surface area (Å²) >= 11 is 1.86. The van der Waals surface area contributed by atoms with E-state index in [2.05, 4.69) is 158 Å². The monoisotopic (exact) mass is 820 g/mol. The van der Waals surface area contributed by atoms with Crippen molar-refractivity contribution in [2.45, 2.75) is 0 Å². The SMILES string of the molecule is c1ccc(-c2nc(-c3ccccc3)nc(-c3ccc(-c4cccc(-c5cccc(-c6ccc7sc8ccc9c(-c%10ccccc%10)nc%10ccccc%10c9c8c7c6)c5)c4)cc3)n2)cc1. The number of benzene rings is 9. The molecule has 0 N–H and O–H groups in total. The normalized spacial score (nSPS) is 11.5. The largest absolute Gasteiger partial charge is 0.247 e. The minimum Gasteiger partial charge on any atom is -0.247 e. The molecule has 0 radical (unpaired) electrons. The quantitative estimate of drug-likeness (QED) is 0.150. The van der Waals surface area contributed by atoms with E-state index in [1.165, 1.54) is 53.0 Å². The lowest BCUT2D eigenvalue weighted by molar-refractivity contribution is 1.07. The number of para-hydroxylation sites is 1. The molecule has 0 saturated carbocycles. The van der Waals surface area contributed by atoms with Crippen molar-refractivity contribution >= 4 is 53.2 Å². The molecule has 3 aromatic heterocycles. The Hall–Kier alpha value is -8.12. The highest BCUT2D eigenvalue weighted by atomic mass is 32.1. The first-order valence-corrected chi connectivity index (χ1v) is 21.9. The molecule has 0 bridgehead atoms. The molecule has 12 aromatic rings. The Kier molecular flexibility index (Phi) is 8.98. The molecule has 0 aliphatic heterocycles. The van der Waals surface area contributed by atoms with Gasteiger partial charge in [0.2, 0.25) is 0 Å². The van der Waals surface area contributed by atoms with Crippen molar-refractivity contribution in [3.63, 3.8) is 0 Å². The maximum Gasteiger partial charge on any atom is 0.164 e. The van der Waals surface area contributed by atoms with Crippen molar-refractivity contribution in [2.24, 2.45) is 0 Å². The topological polar surface area (TPSA) is 51.6 Å². The first-order valence-electron chi connectivity index (χ1n) is 21.1. The Labute approximate surface area is 368 Å². The van der Waals surface area contributed by atoms with Gasteiger partial charge in [0.1, 0.15) is 0 Å². The minimum atomic E-state index is 0.643. The summed E-state index contributed by atoms with van der Waals surface area (Å²) in [7, 11) is 0. The summed E-state index contributed by atoms with van der Waals surface area (Å²) in [6.45, 7) is 0. The van der Waals surface area contributed by atoms with Crippen molar-refractivity contribution in [1.29, 1.82) is 0 Å². The van der Waals surface area contributed by atoms with Crippen LogP contribution in [0.25, 0.3) is 121 Å². The third-order valence-corrected chi connectivity index (χ3v) is 13.0. The van der Waals surface area contributed by atoms with Crippen LogP contribution in [0.4, 0.5) is 0 Å². The molecular formula is C58H36N4S. The van der Waals surface area contributed by atoms with Crippen molar-refractivity contribution in [3.05, 3.63) is 218 Å². The average Bonchev–Trinajstić information content (AvgIpc) is 3.75. The van der Waals surface area contributed by atoms with Gasteiger partial charge in [0.25, 0.3) is 0 Å². The van der Waals surface area contributed by atoms with Gasteiger partial charge in [-0.05, 0) is 69.8 Å². The maximum atomic E-state index is 5.21. The standard InChI is InChI=1S/C58H36N4S/c1-4-14-38(15-5-1)55-48-31-33-52-54(53(48)47-24-10-11-25-50(47)59-55)49-36-46(30-32-51(49)63-52)45-23-13-22-44(35-45)43-21-12-20-42(34-43)37-26-28-41(29-27-37)58-61-56(39-16-6-2-7-17-39)60-57(62-58)40-18-8-3-9-19-40/h1-36H. The van der Waals surface area contributed by atoms with E-state index in [9.17, 15) is 0 Å². The van der Waals surface area contributed by atoms with E-state index < -0.39 is 0 Å². The van der Waals surface area contributed by atoms with Gasteiger partial charge in [0.05, 0.1) is 11.2 Å². The molecule has 12 rings (SSSR count). The van der Waals surface area contributed by atoms with Crippen LogP contribution in [0.1, 0.15) is 0 Å². The molecule has 0 amide bonds. The second-order valence-electron chi connectivity index (χ2n) is 15.8. The van der Waals surface area contributed by atoms with Crippen LogP contribution < -0.4 is 0 Å². The van der Waals surface area contributed by atoms with Crippen LogP contribution in [-0.2, 0) is 0 Å². The van der Waals surface area contributed by atoms with Crippen LogP contribution in [0.5, 0.6) is 0 Å². The molecule has 0 unspecified atom stereocenters. The molecule has 4 nitrogen and oxygen atoms in total. The number of fused-ring (bicyclic) bond motifs is 7. The molecule has 3 heterocycles. The third-order valence-electron chi connectivity index (χ3n) is 11.9. The average molecular weight is 821 g/mol. The zero-order valence-electron chi connectivity index (χ0n) is 34.0. The summed E-state index contributed by atoms with van der Waals surface area (Å²) in [6, 6.07) is 77.0. The van der Waals surface area contributed by atoms with Crippen LogP contribution in [-0.4, -0.2) is 19.9 Å². The number of pyridine rings is 1. The highest BCUT2D eigenvalue weighted by molar-refractivity contribution is 7.26. The number of nitrogens with zero attached hydrogens (tertiary/aromatic N) is 4. The second kappa shape index (κ2) is 15.4. The lowest BCUT2D eigenvalue weighted by atomic mass is 9.94. The summed E-state index contributed by atoms with van der Waals surface area (Å²) in [5.74, 6) is 1.95. The number of hydrogen-bond donors (Lipinski definition) is 0. The van der Waals surface area contributed by atoms with E-state index in [4.69, 9.17) is 19.9 Å². The first-order chi connectivity index (χ1) is 31.2. The molecule has 0 saturated heterocycles. The molecule has 0 fully saturated rings. The molecule has 63 heavy (non-hydrogen) atoms. The van der Waals surface area contributed by atoms with Crippen LogP contribution >= 0.6 is 11.3 Å². The zero-order chi connectivity index (χ0) is 41.7. The Morgan fingerprint density at radius 3 is 1.30 bits per heavy atom. The van der Waals surface area contributed by atoms with Gasteiger partial charge in [0.15, 0.2) is 17.5 Å². The summed E-state index contributed by atoms with van der Waals surface area (Å²) in [5, 5.41) is 6.19. The molecule has 0 atom stereocenters. The van der Waals surface area contributed by atoms with Gasteiger partial charge in [-0.25, -0.2) is 19.9 Å². The van der Waals surface area contributed by atoms with Crippen LogP contribution in [0.2, 0.25) is 0 Å². The van der Waals surface area contributed by atoms with Gasteiger partial charge in [-0.1, -0.05) is 182 Å². The number of hydrogen-bond acceptors (Lipinski definition) is 5. The molecule has 9 aromatic carbocycles. The van der Waals surface area contributed by atoms with Crippen molar-refractivity contribution < 1.29 is 0 Å². The summed E-state index contributed by atoms with van der Waals surface area (Å²) in [6.07, 6.45) is 0. The van der Waals surface area contributed by atoms with Crippen LogP contribution in [0, 0.1) is 0 Å². The van der Waals surface area contributed by atoms with Crippen LogP contribution in [0.3, 0.4) is 0 Å². The van der Waals surface area contributed by atoms with Gasteiger partial charge >= 0.3 is 0 Å². The highest BCUT2D eigenvalue weighted by Crippen LogP contribution is 2.44. The van der Waals surface area contributed by atoms with Gasteiger partial charge in [-0.15, -0.1) is 11.3 Å². The number of aromatic nitrogens is 4. The molecule has 0 spiro atoms. The Morgan fingerprint density at radius 2 is 0.698 bits per heavy atom. The van der Waals surface area contributed by atoms with E-state index in [0.717, 1.165) is 50.2 Å². The van der Waals surface area contributed by atoms with E-state index in [1.807, 2.05) is 72.0 Å². The van der Waals surface area contributed by atoms with Gasteiger partial charge in [0, 0.05) is 58.6 Å². The van der Waals surface area contributed by atoms with E-state index in [1.54, 1.807) is 0 Å². The molecular weight excluding hydrogens is 785 g/mol. The Bertz CT molecular complexity index is 3600. The molecule has 5 heteroatoms. The molecule has 0 aliphatic carbocycles. The van der Waals surface area contributed by atoms with Gasteiger partial charge in [-0.3, -0.25) is 0 Å². The molecule has 0 aliphatic rings. The minimum absolute atomic E-state index is 0.643. The second-order valence-corrected chi connectivity index (χ2v) is 16.9. The summed E-state index contributed by atoms with van der Waals surface area (Å²) in [4.78, 5) is 19.9. The van der Waals surface area contributed by atoms with E-state index in [0.29, 0.717) is 17.5 Å².